The SMILES string of the molecule is N=C(N)c1c[nH]c2ccc(CCNC(=O)c3ccc(-c4ccnc(C(N)=O)c4)cc3)cc12. The Balaban J connectivity index is 1.39. The van der Waals surface area contributed by atoms with Crippen molar-refractivity contribution in [3.8, 4) is 11.1 Å². The van der Waals surface area contributed by atoms with Gasteiger partial charge in [0.15, 0.2) is 0 Å². The maximum absolute atomic E-state index is 12.5. The number of rotatable bonds is 7. The molecule has 7 N–H and O–H groups in total. The molecule has 0 saturated carbocycles. The lowest BCUT2D eigenvalue weighted by Gasteiger charge is -2.08. The molecule has 2 aromatic carbocycles. The van der Waals surface area contributed by atoms with Crippen LogP contribution in [0.15, 0.2) is 67.0 Å². The van der Waals surface area contributed by atoms with E-state index < -0.39 is 5.91 Å². The van der Waals surface area contributed by atoms with E-state index in [0.717, 1.165) is 27.6 Å². The Morgan fingerprint density at radius 3 is 2.50 bits per heavy atom. The monoisotopic (exact) mass is 426 g/mol. The van der Waals surface area contributed by atoms with Crippen LogP contribution in [0.1, 0.15) is 32.0 Å². The van der Waals surface area contributed by atoms with Gasteiger partial charge in [-0.15, -0.1) is 0 Å². The van der Waals surface area contributed by atoms with E-state index in [2.05, 4.69) is 15.3 Å². The summed E-state index contributed by atoms with van der Waals surface area (Å²) in [6, 6.07) is 16.4. The third kappa shape index (κ3) is 4.34. The molecule has 0 radical (unpaired) electrons. The fourth-order valence-electron chi connectivity index (χ4n) is 3.53. The standard InChI is InChI=1S/C24H22N6O2/c25-22(26)19-13-30-20-6-1-14(11-18(19)20)7-9-29-24(32)16-4-2-15(3-5-16)17-8-10-28-21(12-17)23(27)31/h1-6,8,10-13,30H,7,9H2,(H3,25,26)(H2,27,31)(H,29,32). The minimum atomic E-state index is -0.587. The van der Waals surface area contributed by atoms with Crippen molar-refractivity contribution in [1.29, 1.82) is 5.41 Å². The number of carbonyl (C=O) groups is 2. The number of amidine groups is 1. The van der Waals surface area contributed by atoms with Gasteiger partial charge >= 0.3 is 0 Å². The fraction of sp³-hybridized carbons (Fsp3) is 0.0833. The molecule has 0 aliphatic heterocycles. The van der Waals surface area contributed by atoms with Gasteiger partial charge in [0.2, 0.25) is 0 Å². The molecular weight excluding hydrogens is 404 g/mol. The number of hydrogen-bond donors (Lipinski definition) is 5. The molecule has 0 atom stereocenters. The number of benzene rings is 2. The third-order valence-corrected chi connectivity index (χ3v) is 5.23. The highest BCUT2D eigenvalue weighted by Gasteiger charge is 2.09. The number of nitrogens with zero attached hydrogens (tertiary/aromatic N) is 1. The Morgan fingerprint density at radius 1 is 1.00 bits per heavy atom. The molecule has 0 saturated heterocycles. The largest absolute Gasteiger partial charge is 0.384 e. The summed E-state index contributed by atoms with van der Waals surface area (Å²) in [5, 5.41) is 11.5. The number of fused-ring (bicyclic) bond motifs is 1. The van der Waals surface area contributed by atoms with Crippen molar-refractivity contribution in [2.75, 3.05) is 6.54 Å². The highest BCUT2D eigenvalue weighted by molar-refractivity contribution is 6.07. The number of H-pyrrole nitrogens is 1. The smallest absolute Gasteiger partial charge is 0.267 e. The van der Waals surface area contributed by atoms with E-state index in [0.29, 0.717) is 24.1 Å². The van der Waals surface area contributed by atoms with Crippen LogP contribution in [0.3, 0.4) is 0 Å². The van der Waals surface area contributed by atoms with Crippen molar-refractivity contribution in [3.05, 3.63) is 89.4 Å². The van der Waals surface area contributed by atoms with E-state index in [4.69, 9.17) is 16.9 Å². The predicted octanol–water partition coefficient (Wildman–Crippen LogP) is 2.59. The van der Waals surface area contributed by atoms with Crippen molar-refractivity contribution in [2.45, 2.75) is 6.42 Å². The van der Waals surface area contributed by atoms with Crippen LogP contribution in [0, 0.1) is 5.41 Å². The molecule has 0 aliphatic carbocycles. The number of carbonyl (C=O) groups excluding carboxylic acids is 2. The maximum Gasteiger partial charge on any atom is 0.267 e. The quantitative estimate of drug-likeness (QED) is 0.228. The molecular formula is C24H22N6O2. The Hall–Kier alpha value is -4.46. The van der Waals surface area contributed by atoms with Gasteiger partial charge in [0, 0.05) is 41.0 Å². The summed E-state index contributed by atoms with van der Waals surface area (Å²) in [7, 11) is 0. The number of hydrogen-bond acceptors (Lipinski definition) is 4. The summed E-state index contributed by atoms with van der Waals surface area (Å²) >= 11 is 0. The van der Waals surface area contributed by atoms with Crippen LogP contribution in [0.2, 0.25) is 0 Å². The number of aromatic nitrogens is 2. The van der Waals surface area contributed by atoms with Crippen LogP contribution in [-0.4, -0.2) is 34.2 Å². The average Bonchev–Trinajstić information content (AvgIpc) is 3.23. The minimum absolute atomic E-state index is 0.0165. The van der Waals surface area contributed by atoms with Gasteiger partial charge in [-0.3, -0.25) is 20.0 Å². The Bertz CT molecular complexity index is 1320. The molecule has 2 amide bonds. The Kier molecular flexibility index (Phi) is 5.67. The van der Waals surface area contributed by atoms with Gasteiger partial charge in [0.1, 0.15) is 11.5 Å². The minimum Gasteiger partial charge on any atom is -0.384 e. The molecule has 8 heteroatoms. The molecule has 0 spiro atoms. The summed E-state index contributed by atoms with van der Waals surface area (Å²) in [5.41, 5.74) is 15.9. The molecule has 0 aliphatic rings. The lowest BCUT2D eigenvalue weighted by atomic mass is 10.0. The van der Waals surface area contributed by atoms with Gasteiger partial charge in [-0.05, 0) is 59.5 Å². The van der Waals surface area contributed by atoms with Crippen LogP contribution >= 0.6 is 0 Å². The van der Waals surface area contributed by atoms with Crippen molar-refractivity contribution >= 4 is 28.6 Å². The first-order chi connectivity index (χ1) is 15.4. The van der Waals surface area contributed by atoms with E-state index >= 15 is 0 Å². The molecule has 4 aromatic rings. The van der Waals surface area contributed by atoms with Gasteiger partial charge in [-0.25, -0.2) is 0 Å². The Labute approximate surface area is 184 Å². The van der Waals surface area contributed by atoms with Crippen LogP contribution in [-0.2, 0) is 6.42 Å². The van der Waals surface area contributed by atoms with Crippen LogP contribution < -0.4 is 16.8 Å². The molecule has 2 aromatic heterocycles. The van der Waals surface area contributed by atoms with Gasteiger partial charge < -0.3 is 21.8 Å². The van der Waals surface area contributed by atoms with Crippen molar-refractivity contribution in [1.82, 2.24) is 15.3 Å². The second kappa shape index (κ2) is 8.73. The zero-order valence-electron chi connectivity index (χ0n) is 17.2. The van der Waals surface area contributed by atoms with Crippen molar-refractivity contribution < 1.29 is 9.59 Å². The number of primary amides is 1. The van der Waals surface area contributed by atoms with Gasteiger partial charge in [0.25, 0.3) is 11.8 Å². The Morgan fingerprint density at radius 2 is 1.78 bits per heavy atom. The van der Waals surface area contributed by atoms with E-state index in [1.807, 2.05) is 30.3 Å². The number of nitrogens with one attached hydrogen (secondary N) is 3. The number of pyridine rings is 1. The highest BCUT2D eigenvalue weighted by atomic mass is 16.2. The number of amides is 2. The first-order valence-corrected chi connectivity index (χ1v) is 10.0. The molecule has 8 nitrogen and oxygen atoms in total. The van der Waals surface area contributed by atoms with Crippen LogP contribution in [0.25, 0.3) is 22.0 Å². The van der Waals surface area contributed by atoms with E-state index in [1.54, 1.807) is 30.5 Å². The molecule has 0 fully saturated rings. The number of nitrogen functional groups attached to an aromatic ring is 1. The molecule has 2 heterocycles. The molecule has 0 bridgehead atoms. The lowest BCUT2D eigenvalue weighted by molar-refractivity contribution is 0.0952. The van der Waals surface area contributed by atoms with Crippen molar-refractivity contribution in [3.63, 3.8) is 0 Å². The fourth-order valence-corrected chi connectivity index (χ4v) is 3.53. The maximum atomic E-state index is 12.5. The van der Waals surface area contributed by atoms with Crippen LogP contribution in [0.4, 0.5) is 0 Å². The van der Waals surface area contributed by atoms with Crippen LogP contribution in [0.5, 0.6) is 0 Å². The number of aromatic amines is 1. The summed E-state index contributed by atoms with van der Waals surface area (Å²) in [5.74, 6) is -0.741. The summed E-state index contributed by atoms with van der Waals surface area (Å²) in [4.78, 5) is 30.9. The normalized spacial score (nSPS) is 10.8. The van der Waals surface area contributed by atoms with Gasteiger partial charge in [-0.2, -0.15) is 0 Å². The van der Waals surface area contributed by atoms with E-state index in [1.165, 1.54) is 6.20 Å². The second-order valence-electron chi connectivity index (χ2n) is 7.37. The van der Waals surface area contributed by atoms with E-state index in [-0.39, 0.29) is 17.4 Å². The second-order valence-corrected chi connectivity index (χ2v) is 7.37. The lowest BCUT2D eigenvalue weighted by Crippen LogP contribution is -2.25. The molecule has 0 unspecified atom stereocenters. The zero-order valence-corrected chi connectivity index (χ0v) is 17.2. The van der Waals surface area contributed by atoms with E-state index in [9.17, 15) is 9.59 Å². The zero-order chi connectivity index (χ0) is 22.7. The highest BCUT2D eigenvalue weighted by Crippen LogP contribution is 2.21. The van der Waals surface area contributed by atoms with Gasteiger partial charge in [-0.1, -0.05) is 18.2 Å². The molecule has 4 rings (SSSR count). The van der Waals surface area contributed by atoms with Crippen molar-refractivity contribution in [2.24, 2.45) is 11.5 Å². The molecule has 32 heavy (non-hydrogen) atoms. The van der Waals surface area contributed by atoms with Gasteiger partial charge in [0.05, 0.1) is 0 Å². The summed E-state index contributed by atoms with van der Waals surface area (Å²) in [6.45, 7) is 0.470. The topological polar surface area (TPSA) is 151 Å². The first kappa shape index (κ1) is 20.8. The molecule has 160 valence electrons. The first-order valence-electron chi connectivity index (χ1n) is 10.0. The summed E-state index contributed by atoms with van der Waals surface area (Å²) in [6.07, 6.45) is 3.90. The summed E-state index contributed by atoms with van der Waals surface area (Å²) < 4.78 is 0. The number of nitrogens with two attached hydrogens (primary N) is 2. The predicted molar refractivity (Wildman–Crippen MR) is 124 cm³/mol. The average molecular weight is 426 g/mol. The third-order valence-electron chi connectivity index (χ3n) is 5.23.